The average Bonchev–Trinajstić information content (AvgIpc) is 2.19. The summed E-state index contributed by atoms with van der Waals surface area (Å²) >= 11 is 0. The summed E-state index contributed by atoms with van der Waals surface area (Å²) in [4.78, 5) is 19.7. The largest absolute Gasteiger partial charge is 0.299 e. The Morgan fingerprint density at radius 3 is 3.15 bits per heavy atom. The molecule has 0 aliphatic heterocycles. The first kappa shape index (κ1) is 7.91. The van der Waals surface area contributed by atoms with Crippen molar-refractivity contribution in [3.05, 3.63) is 35.1 Å². The van der Waals surface area contributed by atoms with E-state index in [1.54, 1.807) is 29.4 Å². The van der Waals surface area contributed by atoms with Crippen molar-refractivity contribution in [1.29, 1.82) is 0 Å². The highest BCUT2D eigenvalue weighted by Gasteiger charge is 2.00. The van der Waals surface area contributed by atoms with Crippen molar-refractivity contribution in [2.45, 2.75) is 13.5 Å². The Hall–Kier alpha value is -1.71. The van der Waals surface area contributed by atoms with Gasteiger partial charge >= 0.3 is 0 Å². The SMILES string of the molecule is CCn1cnc2cnccc2c1=O. The van der Waals surface area contributed by atoms with Crippen molar-refractivity contribution >= 4 is 10.9 Å². The molecule has 0 spiro atoms. The zero-order valence-electron chi connectivity index (χ0n) is 7.27. The van der Waals surface area contributed by atoms with Crippen LogP contribution in [0.2, 0.25) is 0 Å². The van der Waals surface area contributed by atoms with Gasteiger partial charge in [0.15, 0.2) is 0 Å². The molecular formula is C9H9N3O. The quantitative estimate of drug-likeness (QED) is 0.644. The Kier molecular flexibility index (Phi) is 1.81. The maximum Gasteiger partial charge on any atom is 0.261 e. The highest BCUT2D eigenvalue weighted by Crippen LogP contribution is 2.01. The van der Waals surface area contributed by atoms with Crippen LogP contribution in [0.25, 0.3) is 10.9 Å². The van der Waals surface area contributed by atoms with Crippen LogP contribution in [0.3, 0.4) is 0 Å². The predicted octanol–water partition coefficient (Wildman–Crippen LogP) is 0.811. The van der Waals surface area contributed by atoms with Gasteiger partial charge in [-0.05, 0) is 13.0 Å². The lowest BCUT2D eigenvalue weighted by Gasteiger charge is -2.01. The summed E-state index contributed by atoms with van der Waals surface area (Å²) in [6.45, 7) is 2.56. The molecule has 2 rings (SSSR count). The monoisotopic (exact) mass is 175 g/mol. The van der Waals surface area contributed by atoms with E-state index in [4.69, 9.17) is 0 Å². The zero-order chi connectivity index (χ0) is 9.26. The molecule has 0 unspecified atom stereocenters. The van der Waals surface area contributed by atoms with Crippen molar-refractivity contribution in [1.82, 2.24) is 14.5 Å². The summed E-state index contributed by atoms with van der Waals surface area (Å²) in [5.74, 6) is 0. The molecule has 0 aliphatic carbocycles. The molecule has 0 bridgehead atoms. The molecule has 2 heterocycles. The third-order valence-corrected chi connectivity index (χ3v) is 1.97. The fraction of sp³-hybridized carbons (Fsp3) is 0.222. The van der Waals surface area contributed by atoms with Crippen LogP contribution < -0.4 is 5.56 Å². The minimum Gasteiger partial charge on any atom is -0.299 e. The fourth-order valence-corrected chi connectivity index (χ4v) is 1.23. The van der Waals surface area contributed by atoms with Crippen LogP contribution in [0.1, 0.15) is 6.92 Å². The highest BCUT2D eigenvalue weighted by molar-refractivity contribution is 5.75. The maximum absolute atomic E-state index is 11.7. The molecule has 0 aliphatic rings. The summed E-state index contributed by atoms with van der Waals surface area (Å²) in [5, 5.41) is 0.624. The van der Waals surface area contributed by atoms with Crippen LogP contribution in [0.4, 0.5) is 0 Å². The Labute approximate surface area is 74.9 Å². The number of aryl methyl sites for hydroxylation is 1. The van der Waals surface area contributed by atoms with Gasteiger partial charge in [-0.3, -0.25) is 14.3 Å². The van der Waals surface area contributed by atoms with Crippen molar-refractivity contribution in [3.8, 4) is 0 Å². The van der Waals surface area contributed by atoms with E-state index in [9.17, 15) is 4.79 Å². The molecule has 0 saturated heterocycles. The summed E-state index contributed by atoms with van der Waals surface area (Å²) in [6, 6.07) is 1.69. The van der Waals surface area contributed by atoms with Crippen LogP contribution in [0, 0.1) is 0 Å². The molecule has 2 aromatic rings. The first-order valence-corrected chi connectivity index (χ1v) is 4.12. The fourth-order valence-electron chi connectivity index (χ4n) is 1.23. The topological polar surface area (TPSA) is 47.8 Å². The van der Waals surface area contributed by atoms with Gasteiger partial charge in [0.1, 0.15) is 0 Å². The van der Waals surface area contributed by atoms with Crippen LogP contribution in [-0.2, 0) is 6.54 Å². The summed E-state index contributed by atoms with van der Waals surface area (Å²) in [5.41, 5.74) is 0.645. The van der Waals surface area contributed by atoms with Crippen LogP contribution >= 0.6 is 0 Å². The van der Waals surface area contributed by atoms with E-state index < -0.39 is 0 Å². The number of aromatic nitrogens is 3. The number of hydrogen-bond donors (Lipinski definition) is 0. The average molecular weight is 175 g/mol. The molecule has 4 heteroatoms. The van der Waals surface area contributed by atoms with Gasteiger partial charge in [0.25, 0.3) is 5.56 Å². The molecule has 0 radical (unpaired) electrons. The van der Waals surface area contributed by atoms with Gasteiger partial charge in [0, 0.05) is 12.7 Å². The lowest BCUT2D eigenvalue weighted by Crippen LogP contribution is -2.19. The zero-order valence-corrected chi connectivity index (χ0v) is 7.27. The maximum atomic E-state index is 11.7. The Morgan fingerprint density at radius 1 is 1.54 bits per heavy atom. The summed E-state index contributed by atoms with van der Waals surface area (Å²) in [7, 11) is 0. The van der Waals surface area contributed by atoms with Crippen molar-refractivity contribution in [3.63, 3.8) is 0 Å². The van der Waals surface area contributed by atoms with Crippen molar-refractivity contribution in [2.24, 2.45) is 0 Å². The van der Waals surface area contributed by atoms with Crippen molar-refractivity contribution in [2.75, 3.05) is 0 Å². The normalized spacial score (nSPS) is 10.5. The van der Waals surface area contributed by atoms with Gasteiger partial charge in [-0.25, -0.2) is 4.98 Å². The second-order valence-electron chi connectivity index (χ2n) is 2.73. The molecule has 0 N–H and O–H groups in total. The van der Waals surface area contributed by atoms with Gasteiger partial charge in [-0.15, -0.1) is 0 Å². The molecule has 0 atom stereocenters. The lowest BCUT2D eigenvalue weighted by atomic mass is 10.3. The molecule has 66 valence electrons. The number of nitrogens with zero attached hydrogens (tertiary/aromatic N) is 3. The molecular weight excluding hydrogens is 166 g/mol. The lowest BCUT2D eigenvalue weighted by molar-refractivity contribution is 0.717. The van der Waals surface area contributed by atoms with E-state index >= 15 is 0 Å². The molecule has 13 heavy (non-hydrogen) atoms. The van der Waals surface area contributed by atoms with Crippen LogP contribution in [0.15, 0.2) is 29.6 Å². The second kappa shape index (κ2) is 2.97. The van der Waals surface area contributed by atoms with E-state index in [0.29, 0.717) is 17.4 Å². The van der Waals surface area contributed by atoms with Crippen LogP contribution in [-0.4, -0.2) is 14.5 Å². The predicted molar refractivity (Wildman–Crippen MR) is 49.5 cm³/mol. The first-order chi connectivity index (χ1) is 6.33. The highest BCUT2D eigenvalue weighted by atomic mass is 16.1. The molecule has 0 aromatic carbocycles. The van der Waals surface area contributed by atoms with Gasteiger partial charge in [0.05, 0.1) is 23.4 Å². The third kappa shape index (κ3) is 1.20. The van der Waals surface area contributed by atoms with Gasteiger partial charge < -0.3 is 0 Å². The Bertz CT molecular complexity index is 489. The first-order valence-electron chi connectivity index (χ1n) is 4.12. The smallest absolute Gasteiger partial charge is 0.261 e. The van der Waals surface area contributed by atoms with E-state index in [1.165, 1.54) is 0 Å². The number of fused-ring (bicyclic) bond motifs is 1. The van der Waals surface area contributed by atoms with E-state index in [2.05, 4.69) is 9.97 Å². The minimum atomic E-state index is -0.00472. The second-order valence-corrected chi connectivity index (χ2v) is 2.73. The standard InChI is InChI=1S/C9H9N3O/c1-2-12-6-11-8-5-10-4-3-7(8)9(12)13/h3-6H,2H2,1H3. The van der Waals surface area contributed by atoms with E-state index in [1.807, 2.05) is 6.92 Å². The molecule has 0 fully saturated rings. The Morgan fingerprint density at radius 2 is 2.38 bits per heavy atom. The van der Waals surface area contributed by atoms with Crippen LogP contribution in [0.5, 0.6) is 0 Å². The summed E-state index contributed by atoms with van der Waals surface area (Å²) in [6.07, 6.45) is 4.74. The third-order valence-electron chi connectivity index (χ3n) is 1.97. The van der Waals surface area contributed by atoms with Gasteiger partial charge in [-0.1, -0.05) is 0 Å². The summed E-state index contributed by atoms with van der Waals surface area (Å²) < 4.78 is 1.57. The van der Waals surface area contributed by atoms with Crippen molar-refractivity contribution < 1.29 is 0 Å². The molecule has 4 nitrogen and oxygen atoms in total. The minimum absolute atomic E-state index is 0.00472. The number of rotatable bonds is 1. The molecule has 2 aromatic heterocycles. The van der Waals surface area contributed by atoms with E-state index in [-0.39, 0.29) is 5.56 Å². The van der Waals surface area contributed by atoms with Gasteiger partial charge in [-0.2, -0.15) is 0 Å². The van der Waals surface area contributed by atoms with E-state index in [0.717, 1.165) is 0 Å². The molecule has 0 saturated carbocycles. The Balaban J connectivity index is 2.87. The number of pyridine rings is 1. The number of hydrogen-bond acceptors (Lipinski definition) is 3. The molecule has 0 amide bonds. The van der Waals surface area contributed by atoms with Gasteiger partial charge in [0.2, 0.25) is 0 Å².